The molecule has 1 aromatic carbocycles. The first-order valence-electron chi connectivity index (χ1n) is 4.41. The number of aliphatic hydroxyl groups excluding tert-OH is 1. The number of aliphatic hydroxyl groups is 1. The summed E-state index contributed by atoms with van der Waals surface area (Å²) in [5.74, 6) is -1.52. The van der Waals surface area contributed by atoms with Crippen molar-refractivity contribution in [3.63, 3.8) is 0 Å². The quantitative estimate of drug-likeness (QED) is 0.677. The lowest BCUT2D eigenvalue weighted by molar-refractivity contribution is -0.136. The van der Waals surface area contributed by atoms with Gasteiger partial charge in [0.2, 0.25) is 0 Å². The van der Waals surface area contributed by atoms with Crippen molar-refractivity contribution in [2.75, 3.05) is 6.61 Å². The predicted molar refractivity (Wildman–Crippen MR) is 51.8 cm³/mol. The molecule has 1 aromatic rings. The Morgan fingerprint density at radius 1 is 1.53 bits per heavy atom. The number of carboxylic acids is 1. The van der Waals surface area contributed by atoms with Crippen molar-refractivity contribution >= 4 is 5.97 Å². The summed E-state index contributed by atoms with van der Waals surface area (Å²) in [5.41, 5.74) is 6.29. The molecular formula is C10H12FNO3. The zero-order valence-corrected chi connectivity index (χ0v) is 7.98. The van der Waals surface area contributed by atoms with Gasteiger partial charge in [0.1, 0.15) is 5.82 Å². The molecule has 0 radical (unpaired) electrons. The second kappa shape index (κ2) is 4.86. The number of hydrogen-bond acceptors (Lipinski definition) is 3. The van der Waals surface area contributed by atoms with Gasteiger partial charge in [-0.3, -0.25) is 4.79 Å². The van der Waals surface area contributed by atoms with Gasteiger partial charge >= 0.3 is 5.97 Å². The summed E-state index contributed by atoms with van der Waals surface area (Å²) < 4.78 is 12.9. The lowest BCUT2D eigenvalue weighted by atomic mass is 9.99. The molecule has 0 unspecified atom stereocenters. The highest BCUT2D eigenvalue weighted by molar-refractivity contribution is 5.70. The van der Waals surface area contributed by atoms with Crippen LogP contribution in [0, 0.1) is 5.82 Å². The van der Waals surface area contributed by atoms with E-state index in [0.717, 1.165) is 6.07 Å². The van der Waals surface area contributed by atoms with Crippen LogP contribution in [-0.2, 0) is 11.2 Å². The van der Waals surface area contributed by atoms with E-state index in [1.54, 1.807) is 0 Å². The zero-order valence-electron chi connectivity index (χ0n) is 7.98. The molecule has 4 nitrogen and oxygen atoms in total. The van der Waals surface area contributed by atoms with Gasteiger partial charge in [-0.05, 0) is 23.3 Å². The van der Waals surface area contributed by atoms with Gasteiger partial charge in [-0.15, -0.1) is 0 Å². The molecule has 0 aromatic heterocycles. The molecule has 0 spiro atoms. The van der Waals surface area contributed by atoms with Crippen molar-refractivity contribution in [3.05, 3.63) is 35.1 Å². The van der Waals surface area contributed by atoms with Gasteiger partial charge < -0.3 is 15.9 Å². The topological polar surface area (TPSA) is 83.5 Å². The summed E-state index contributed by atoms with van der Waals surface area (Å²) >= 11 is 0. The van der Waals surface area contributed by atoms with Crippen molar-refractivity contribution in [3.8, 4) is 0 Å². The van der Waals surface area contributed by atoms with Crippen LogP contribution < -0.4 is 5.73 Å². The molecule has 0 saturated heterocycles. The van der Waals surface area contributed by atoms with Crippen LogP contribution in [0.3, 0.4) is 0 Å². The van der Waals surface area contributed by atoms with E-state index >= 15 is 0 Å². The van der Waals surface area contributed by atoms with E-state index in [4.69, 9.17) is 15.9 Å². The van der Waals surface area contributed by atoms with Crippen LogP contribution in [0.1, 0.15) is 17.2 Å². The van der Waals surface area contributed by atoms with Crippen molar-refractivity contribution < 1.29 is 19.4 Å². The molecule has 0 aliphatic rings. The minimum Gasteiger partial charge on any atom is -0.481 e. The maximum absolute atomic E-state index is 12.9. The number of carboxylic acid groups (broad SMARTS) is 1. The second-order valence-electron chi connectivity index (χ2n) is 3.20. The average molecular weight is 213 g/mol. The summed E-state index contributed by atoms with van der Waals surface area (Å²) in [4.78, 5) is 10.5. The van der Waals surface area contributed by atoms with Gasteiger partial charge in [-0.2, -0.15) is 0 Å². The Bertz CT molecular complexity index is 368. The lowest BCUT2D eigenvalue weighted by Crippen LogP contribution is -2.18. The van der Waals surface area contributed by atoms with Crippen LogP contribution in [0.15, 0.2) is 18.2 Å². The fourth-order valence-corrected chi connectivity index (χ4v) is 1.33. The van der Waals surface area contributed by atoms with E-state index in [0.29, 0.717) is 11.1 Å². The number of nitrogens with two attached hydrogens (primary N) is 1. The SMILES string of the molecule is N[C@H](CO)c1cc(F)ccc1CC(=O)O. The molecule has 1 atom stereocenters. The van der Waals surface area contributed by atoms with Gasteiger partial charge in [-0.25, -0.2) is 4.39 Å². The van der Waals surface area contributed by atoms with Crippen molar-refractivity contribution in [2.24, 2.45) is 5.73 Å². The van der Waals surface area contributed by atoms with Crippen LogP contribution in [-0.4, -0.2) is 22.8 Å². The molecule has 0 aliphatic heterocycles. The maximum Gasteiger partial charge on any atom is 0.307 e. The summed E-state index contributed by atoms with van der Waals surface area (Å²) in [6, 6.07) is 2.94. The maximum atomic E-state index is 12.9. The molecule has 0 heterocycles. The highest BCUT2D eigenvalue weighted by Crippen LogP contribution is 2.18. The number of carbonyl (C=O) groups is 1. The molecule has 0 saturated carbocycles. The molecule has 5 heteroatoms. The lowest BCUT2D eigenvalue weighted by Gasteiger charge is -2.13. The second-order valence-corrected chi connectivity index (χ2v) is 3.20. The number of hydrogen-bond donors (Lipinski definition) is 3. The van der Waals surface area contributed by atoms with E-state index in [1.165, 1.54) is 12.1 Å². The van der Waals surface area contributed by atoms with E-state index in [-0.39, 0.29) is 13.0 Å². The minimum atomic E-state index is -1.02. The summed E-state index contributed by atoms with van der Waals surface area (Å²) in [6.07, 6.45) is -0.233. The monoisotopic (exact) mass is 213 g/mol. The molecule has 0 aliphatic carbocycles. The van der Waals surface area contributed by atoms with Crippen molar-refractivity contribution in [2.45, 2.75) is 12.5 Å². The standard InChI is InChI=1S/C10H12FNO3/c11-7-2-1-6(3-10(14)15)8(4-7)9(12)5-13/h1-2,4,9,13H,3,5,12H2,(H,14,15)/t9-/m1/s1. The van der Waals surface area contributed by atoms with E-state index in [1.807, 2.05) is 0 Å². The first kappa shape index (κ1) is 11.6. The Labute approximate surface area is 86.1 Å². The molecule has 0 fully saturated rings. The fraction of sp³-hybridized carbons (Fsp3) is 0.300. The van der Waals surface area contributed by atoms with E-state index in [9.17, 15) is 9.18 Å². The Hall–Kier alpha value is -1.46. The summed E-state index contributed by atoms with van der Waals surface area (Å²) in [7, 11) is 0. The van der Waals surface area contributed by atoms with Crippen LogP contribution in [0.5, 0.6) is 0 Å². The molecule has 4 N–H and O–H groups in total. The molecule has 82 valence electrons. The average Bonchev–Trinajstić information content (AvgIpc) is 2.19. The number of benzene rings is 1. The van der Waals surface area contributed by atoms with E-state index in [2.05, 4.69) is 0 Å². The van der Waals surface area contributed by atoms with Gasteiger partial charge in [0, 0.05) is 0 Å². The number of aliphatic carboxylic acids is 1. The largest absolute Gasteiger partial charge is 0.481 e. The van der Waals surface area contributed by atoms with Crippen LogP contribution in [0.2, 0.25) is 0 Å². The highest BCUT2D eigenvalue weighted by atomic mass is 19.1. The Kier molecular flexibility index (Phi) is 3.76. The van der Waals surface area contributed by atoms with Crippen LogP contribution in [0.25, 0.3) is 0 Å². The first-order chi connectivity index (χ1) is 7.04. The van der Waals surface area contributed by atoms with E-state index < -0.39 is 17.8 Å². The molecule has 0 amide bonds. The fourth-order valence-electron chi connectivity index (χ4n) is 1.33. The smallest absolute Gasteiger partial charge is 0.307 e. The normalized spacial score (nSPS) is 12.5. The van der Waals surface area contributed by atoms with Crippen molar-refractivity contribution in [1.29, 1.82) is 0 Å². The summed E-state index contributed by atoms with van der Waals surface area (Å²) in [5, 5.41) is 17.5. The Balaban J connectivity index is 3.08. The Morgan fingerprint density at radius 3 is 2.73 bits per heavy atom. The first-order valence-corrected chi connectivity index (χ1v) is 4.41. The minimum absolute atomic E-state index is 0.233. The number of halogens is 1. The van der Waals surface area contributed by atoms with Crippen LogP contribution in [0.4, 0.5) is 4.39 Å². The van der Waals surface area contributed by atoms with Gasteiger partial charge in [0.05, 0.1) is 19.1 Å². The highest BCUT2D eigenvalue weighted by Gasteiger charge is 2.13. The van der Waals surface area contributed by atoms with Gasteiger partial charge in [0.15, 0.2) is 0 Å². The zero-order chi connectivity index (χ0) is 11.4. The Morgan fingerprint density at radius 2 is 2.20 bits per heavy atom. The van der Waals surface area contributed by atoms with Crippen LogP contribution >= 0.6 is 0 Å². The molecule has 15 heavy (non-hydrogen) atoms. The van der Waals surface area contributed by atoms with Gasteiger partial charge in [0.25, 0.3) is 0 Å². The molecule has 0 bridgehead atoms. The molecule has 1 rings (SSSR count). The third kappa shape index (κ3) is 3.00. The molecular weight excluding hydrogens is 201 g/mol. The summed E-state index contributed by atoms with van der Waals surface area (Å²) in [6.45, 7) is -0.351. The van der Waals surface area contributed by atoms with Gasteiger partial charge in [-0.1, -0.05) is 6.07 Å². The number of rotatable bonds is 4. The van der Waals surface area contributed by atoms with Crippen molar-refractivity contribution in [1.82, 2.24) is 0 Å². The predicted octanol–water partition coefficient (Wildman–Crippen LogP) is 0.445. The third-order valence-corrected chi connectivity index (χ3v) is 2.05. The third-order valence-electron chi connectivity index (χ3n) is 2.05.